The second-order valence-electron chi connectivity index (χ2n) is 6.43. The number of nitrogens with one attached hydrogen (secondary N) is 2. The minimum absolute atomic E-state index is 0.214. The molecule has 1 aliphatic heterocycles. The summed E-state index contributed by atoms with van der Waals surface area (Å²) in [6, 6.07) is 8.41. The molecule has 0 aliphatic carbocycles. The molecular weight excluding hydrogens is 358 g/mol. The van der Waals surface area contributed by atoms with E-state index in [4.69, 9.17) is 4.74 Å². The van der Waals surface area contributed by atoms with Gasteiger partial charge in [0.05, 0.1) is 5.56 Å². The Hall–Kier alpha value is -3.29. The van der Waals surface area contributed by atoms with Gasteiger partial charge in [0.1, 0.15) is 22.9 Å². The number of halogens is 2. The fourth-order valence-corrected chi connectivity index (χ4v) is 2.71. The Bertz CT molecular complexity index is 894. The van der Waals surface area contributed by atoms with Gasteiger partial charge in [0.25, 0.3) is 5.91 Å². The third-order valence-electron chi connectivity index (χ3n) is 4.26. The summed E-state index contributed by atoms with van der Waals surface area (Å²) in [6.07, 6.45) is 0.903. The average Bonchev–Trinajstić information content (AvgIpc) is 2.85. The van der Waals surface area contributed by atoms with Crippen LogP contribution < -0.4 is 15.4 Å². The van der Waals surface area contributed by atoms with Gasteiger partial charge in [0.15, 0.2) is 0 Å². The van der Waals surface area contributed by atoms with E-state index in [2.05, 4.69) is 10.6 Å². The van der Waals surface area contributed by atoms with Crippen LogP contribution in [0.2, 0.25) is 0 Å². The molecule has 2 N–H and O–H groups in total. The Morgan fingerprint density at radius 2 is 1.70 bits per heavy atom. The normalized spacial score (nSPS) is 18.8. The SMILES string of the molecule is C[C@]1(CCc2ccc(OC(=O)c3cc(F)cc(F)c3)cc2)NC(=O)NC1=O. The molecule has 0 unspecified atom stereocenters. The van der Waals surface area contributed by atoms with Gasteiger partial charge in [-0.2, -0.15) is 0 Å². The molecule has 8 heteroatoms. The molecule has 1 fully saturated rings. The Kier molecular flexibility index (Phi) is 4.89. The summed E-state index contributed by atoms with van der Waals surface area (Å²) in [5.41, 5.74) is -0.335. The molecule has 0 bridgehead atoms. The van der Waals surface area contributed by atoms with Crippen LogP contribution in [0.25, 0.3) is 0 Å². The van der Waals surface area contributed by atoms with Gasteiger partial charge in [0.2, 0.25) is 0 Å². The molecule has 0 saturated carbocycles. The maximum absolute atomic E-state index is 13.2. The van der Waals surface area contributed by atoms with E-state index < -0.39 is 29.2 Å². The fourth-order valence-electron chi connectivity index (χ4n) is 2.71. The Morgan fingerprint density at radius 3 is 2.26 bits per heavy atom. The number of esters is 1. The third kappa shape index (κ3) is 4.28. The third-order valence-corrected chi connectivity index (χ3v) is 4.26. The summed E-state index contributed by atoms with van der Waals surface area (Å²) >= 11 is 0. The van der Waals surface area contributed by atoms with Crippen LogP contribution in [-0.2, 0) is 11.2 Å². The summed E-state index contributed by atoms with van der Waals surface area (Å²) in [7, 11) is 0. The van der Waals surface area contributed by atoms with Crippen molar-refractivity contribution in [1.29, 1.82) is 0 Å². The first-order chi connectivity index (χ1) is 12.7. The lowest BCUT2D eigenvalue weighted by Gasteiger charge is -2.20. The van der Waals surface area contributed by atoms with Crippen molar-refractivity contribution in [3.05, 3.63) is 65.2 Å². The topological polar surface area (TPSA) is 84.5 Å². The number of aryl methyl sites for hydroxylation is 1. The second-order valence-corrected chi connectivity index (χ2v) is 6.43. The zero-order valence-corrected chi connectivity index (χ0v) is 14.3. The number of carbonyl (C=O) groups is 3. The number of benzene rings is 2. The van der Waals surface area contributed by atoms with E-state index in [1.165, 1.54) is 0 Å². The lowest BCUT2D eigenvalue weighted by Crippen LogP contribution is -2.43. The van der Waals surface area contributed by atoms with Gasteiger partial charge in [-0.15, -0.1) is 0 Å². The number of urea groups is 1. The number of carbonyl (C=O) groups excluding carboxylic acids is 3. The summed E-state index contributed by atoms with van der Waals surface area (Å²) in [4.78, 5) is 35.0. The Morgan fingerprint density at radius 1 is 1.07 bits per heavy atom. The number of rotatable bonds is 5. The van der Waals surface area contributed by atoms with E-state index in [-0.39, 0.29) is 17.2 Å². The molecule has 1 saturated heterocycles. The summed E-state index contributed by atoms with van der Waals surface area (Å²) < 4.78 is 31.4. The molecule has 1 heterocycles. The molecule has 0 aromatic heterocycles. The van der Waals surface area contributed by atoms with Crippen molar-refractivity contribution in [3.8, 4) is 5.75 Å². The molecule has 6 nitrogen and oxygen atoms in total. The van der Waals surface area contributed by atoms with Crippen LogP contribution in [0.1, 0.15) is 29.3 Å². The van der Waals surface area contributed by atoms with Gasteiger partial charge in [-0.1, -0.05) is 12.1 Å². The standard InChI is InChI=1S/C19H16F2N2O4/c1-19(17(25)22-18(26)23-19)7-6-11-2-4-15(5-3-11)27-16(24)12-8-13(20)10-14(21)9-12/h2-5,8-10H,6-7H2,1H3,(H2,22,23,25,26)/t19-/m1/s1. The molecule has 3 rings (SSSR count). The lowest BCUT2D eigenvalue weighted by molar-refractivity contribution is -0.123. The highest BCUT2D eigenvalue weighted by molar-refractivity contribution is 6.06. The average molecular weight is 374 g/mol. The van der Waals surface area contributed by atoms with Crippen molar-refractivity contribution in [2.45, 2.75) is 25.3 Å². The van der Waals surface area contributed by atoms with E-state index in [1.807, 2.05) is 0 Å². The largest absolute Gasteiger partial charge is 0.423 e. The molecule has 1 aliphatic rings. The monoisotopic (exact) mass is 374 g/mol. The van der Waals surface area contributed by atoms with Gasteiger partial charge in [0, 0.05) is 6.07 Å². The zero-order valence-electron chi connectivity index (χ0n) is 14.3. The van der Waals surface area contributed by atoms with Crippen LogP contribution in [0.15, 0.2) is 42.5 Å². The van der Waals surface area contributed by atoms with Gasteiger partial charge < -0.3 is 10.1 Å². The molecule has 2 aromatic rings. The van der Waals surface area contributed by atoms with Crippen LogP contribution in [0.3, 0.4) is 0 Å². The molecule has 1 atom stereocenters. The van der Waals surface area contributed by atoms with Crippen molar-refractivity contribution in [2.24, 2.45) is 0 Å². The number of hydrogen-bond acceptors (Lipinski definition) is 4. The number of amides is 3. The molecular formula is C19H16F2N2O4. The Labute approximate surface area is 153 Å². The van der Waals surface area contributed by atoms with E-state index in [0.717, 1.165) is 17.7 Å². The van der Waals surface area contributed by atoms with Crippen LogP contribution in [0, 0.1) is 11.6 Å². The number of ether oxygens (including phenoxy) is 1. The highest BCUT2D eigenvalue weighted by atomic mass is 19.1. The van der Waals surface area contributed by atoms with Crippen LogP contribution in [0.5, 0.6) is 5.75 Å². The molecule has 0 radical (unpaired) electrons. The van der Waals surface area contributed by atoms with Crippen LogP contribution >= 0.6 is 0 Å². The number of imide groups is 1. The van der Waals surface area contributed by atoms with Gasteiger partial charge >= 0.3 is 12.0 Å². The fraction of sp³-hybridized carbons (Fsp3) is 0.211. The predicted molar refractivity (Wildman–Crippen MR) is 91.2 cm³/mol. The van der Waals surface area contributed by atoms with Crippen molar-refractivity contribution in [1.82, 2.24) is 10.6 Å². The molecule has 3 amide bonds. The second kappa shape index (κ2) is 7.14. The van der Waals surface area contributed by atoms with Crippen LogP contribution in [0.4, 0.5) is 13.6 Å². The van der Waals surface area contributed by atoms with E-state index in [0.29, 0.717) is 18.9 Å². The van der Waals surface area contributed by atoms with E-state index in [9.17, 15) is 23.2 Å². The molecule has 2 aromatic carbocycles. The molecule has 140 valence electrons. The van der Waals surface area contributed by atoms with Gasteiger partial charge in [-0.3, -0.25) is 10.1 Å². The quantitative estimate of drug-likeness (QED) is 0.479. The summed E-state index contributed by atoms with van der Waals surface area (Å²) in [5, 5.41) is 4.78. The summed E-state index contributed by atoms with van der Waals surface area (Å²) in [5.74, 6) is -2.77. The van der Waals surface area contributed by atoms with Crippen molar-refractivity contribution < 1.29 is 27.9 Å². The zero-order chi connectivity index (χ0) is 19.6. The molecule has 27 heavy (non-hydrogen) atoms. The maximum Gasteiger partial charge on any atom is 0.343 e. The van der Waals surface area contributed by atoms with Crippen molar-refractivity contribution in [2.75, 3.05) is 0 Å². The first kappa shape index (κ1) is 18.5. The molecule has 0 spiro atoms. The first-order valence-corrected chi connectivity index (χ1v) is 8.16. The lowest BCUT2D eigenvalue weighted by atomic mass is 9.93. The smallest absolute Gasteiger partial charge is 0.343 e. The first-order valence-electron chi connectivity index (χ1n) is 8.16. The maximum atomic E-state index is 13.2. The van der Waals surface area contributed by atoms with Gasteiger partial charge in [-0.25, -0.2) is 18.4 Å². The minimum Gasteiger partial charge on any atom is -0.423 e. The number of hydrogen-bond donors (Lipinski definition) is 2. The minimum atomic E-state index is -0.969. The summed E-state index contributed by atoms with van der Waals surface area (Å²) in [6.45, 7) is 1.64. The van der Waals surface area contributed by atoms with E-state index in [1.54, 1.807) is 31.2 Å². The van der Waals surface area contributed by atoms with E-state index >= 15 is 0 Å². The highest BCUT2D eigenvalue weighted by Gasteiger charge is 2.41. The van der Waals surface area contributed by atoms with Crippen molar-refractivity contribution >= 4 is 17.9 Å². The van der Waals surface area contributed by atoms with Crippen LogP contribution in [-0.4, -0.2) is 23.4 Å². The highest BCUT2D eigenvalue weighted by Crippen LogP contribution is 2.20. The Balaban J connectivity index is 1.61. The van der Waals surface area contributed by atoms with Crippen molar-refractivity contribution in [3.63, 3.8) is 0 Å². The van der Waals surface area contributed by atoms with Gasteiger partial charge in [-0.05, 0) is 49.6 Å². The predicted octanol–water partition coefficient (Wildman–Crippen LogP) is 2.71.